The van der Waals surface area contributed by atoms with E-state index in [-0.39, 0.29) is 24.2 Å². The SMILES string of the molecule is CC(C)(C)OC(=O)N[C@H]1CSc2ccccc2NC1=O.O=C(NCc1c(F)cc(F)cc1F)c1cn2c(c(O)c1=O)C(=O)N1CC2CSc2ccccc21. The fraction of sp³-hybridized carbons (Fsp3) is 0.270. The summed E-state index contributed by atoms with van der Waals surface area (Å²) in [4.78, 5) is 65.9. The molecule has 0 saturated heterocycles. The van der Waals surface area contributed by atoms with Gasteiger partial charge in [0.15, 0.2) is 11.4 Å². The van der Waals surface area contributed by atoms with E-state index in [9.17, 15) is 42.3 Å². The van der Waals surface area contributed by atoms with Gasteiger partial charge in [-0.2, -0.15) is 0 Å². The number of hydrogen-bond donors (Lipinski definition) is 4. The number of nitrogens with one attached hydrogen (secondary N) is 3. The Morgan fingerprint density at radius 3 is 2.31 bits per heavy atom. The quantitative estimate of drug-likeness (QED) is 0.200. The van der Waals surface area contributed by atoms with Crippen LogP contribution in [0.3, 0.4) is 0 Å². The molecule has 0 saturated carbocycles. The number of pyridine rings is 1. The molecule has 3 aromatic carbocycles. The van der Waals surface area contributed by atoms with E-state index in [1.54, 1.807) is 32.9 Å². The van der Waals surface area contributed by atoms with Crippen molar-refractivity contribution in [2.75, 3.05) is 28.3 Å². The van der Waals surface area contributed by atoms with Gasteiger partial charge in [0.1, 0.15) is 34.7 Å². The van der Waals surface area contributed by atoms with Crippen LogP contribution in [0.5, 0.6) is 5.75 Å². The largest absolute Gasteiger partial charge is 0.503 e. The summed E-state index contributed by atoms with van der Waals surface area (Å²) in [5.74, 6) is -5.20. The summed E-state index contributed by atoms with van der Waals surface area (Å²) in [6.45, 7) is 4.96. The molecule has 0 aliphatic carbocycles. The first-order valence-electron chi connectivity index (χ1n) is 16.6. The van der Waals surface area contributed by atoms with Gasteiger partial charge in [0.25, 0.3) is 11.8 Å². The average molecular weight is 782 g/mol. The highest BCUT2D eigenvalue weighted by molar-refractivity contribution is 7.99. The summed E-state index contributed by atoms with van der Waals surface area (Å²) < 4.78 is 47.5. The van der Waals surface area contributed by atoms with Crippen LogP contribution in [-0.2, 0) is 16.1 Å². The minimum absolute atomic E-state index is 0.228. The number of para-hydroxylation sites is 2. The lowest BCUT2D eigenvalue weighted by atomic mass is 10.1. The van der Waals surface area contributed by atoms with Crippen LogP contribution in [0.25, 0.3) is 0 Å². The van der Waals surface area contributed by atoms with Crippen molar-refractivity contribution in [2.45, 2.75) is 54.8 Å². The molecule has 0 fully saturated rings. The second kappa shape index (κ2) is 15.5. The first kappa shape index (κ1) is 38.3. The van der Waals surface area contributed by atoms with E-state index in [0.29, 0.717) is 29.3 Å². The molecule has 4 aromatic rings. The summed E-state index contributed by atoms with van der Waals surface area (Å²) in [5.41, 5.74) is -1.53. The Kier molecular flexibility index (Phi) is 11.0. The summed E-state index contributed by atoms with van der Waals surface area (Å²) in [6, 6.07) is 14.8. The highest BCUT2D eigenvalue weighted by Gasteiger charge is 2.39. The van der Waals surface area contributed by atoms with E-state index in [1.165, 1.54) is 39.2 Å². The summed E-state index contributed by atoms with van der Waals surface area (Å²) >= 11 is 3.03. The van der Waals surface area contributed by atoms with Crippen LogP contribution in [-0.4, -0.2) is 63.2 Å². The second-order valence-electron chi connectivity index (χ2n) is 13.4. The Hall–Kier alpha value is -5.42. The van der Waals surface area contributed by atoms with Gasteiger partial charge in [-0.1, -0.05) is 24.3 Å². The van der Waals surface area contributed by atoms with Gasteiger partial charge in [-0.15, -0.1) is 23.5 Å². The molecule has 2 atom stereocenters. The van der Waals surface area contributed by atoms with E-state index in [0.717, 1.165) is 15.5 Å². The number of carbonyl (C=O) groups is 4. The Morgan fingerprint density at radius 1 is 0.963 bits per heavy atom. The van der Waals surface area contributed by atoms with Crippen molar-refractivity contribution in [3.63, 3.8) is 0 Å². The summed E-state index contributed by atoms with van der Waals surface area (Å²) in [7, 11) is 0. The number of thioether (sulfide) groups is 2. The maximum atomic E-state index is 13.9. The van der Waals surface area contributed by atoms with Gasteiger partial charge in [0.05, 0.1) is 17.4 Å². The molecular formula is C37H34F3N5O7S2. The van der Waals surface area contributed by atoms with Gasteiger partial charge >= 0.3 is 6.09 Å². The number of alkyl carbamates (subject to hydrolysis) is 1. The van der Waals surface area contributed by atoms with Crippen LogP contribution >= 0.6 is 23.5 Å². The van der Waals surface area contributed by atoms with Crippen LogP contribution in [0, 0.1) is 17.5 Å². The number of benzene rings is 3. The topological polar surface area (TPSA) is 159 Å². The number of ether oxygens (including phenoxy) is 1. The molecular weight excluding hydrogens is 748 g/mol. The third kappa shape index (κ3) is 8.21. The van der Waals surface area contributed by atoms with Crippen LogP contribution in [0.4, 0.5) is 29.3 Å². The third-order valence-electron chi connectivity index (χ3n) is 8.37. The molecule has 2 bridgehead atoms. The Morgan fingerprint density at radius 2 is 1.61 bits per heavy atom. The van der Waals surface area contributed by atoms with Crippen LogP contribution < -0.4 is 26.3 Å². The van der Waals surface area contributed by atoms with Crippen LogP contribution in [0.2, 0.25) is 0 Å². The van der Waals surface area contributed by atoms with Gasteiger partial charge in [0, 0.05) is 58.3 Å². The lowest BCUT2D eigenvalue weighted by Gasteiger charge is -2.34. The van der Waals surface area contributed by atoms with Gasteiger partial charge in [-0.05, 0) is 45.0 Å². The molecule has 4 amide bonds. The van der Waals surface area contributed by atoms with Crippen molar-refractivity contribution < 1.29 is 42.2 Å². The fourth-order valence-electron chi connectivity index (χ4n) is 5.85. The highest BCUT2D eigenvalue weighted by Crippen LogP contribution is 2.41. The number of fused-ring (bicyclic) bond motifs is 7. The molecule has 3 aliphatic rings. The normalized spacial score (nSPS) is 17.3. The number of amides is 4. The Balaban J connectivity index is 0.000000212. The molecule has 0 spiro atoms. The number of carbonyl (C=O) groups excluding carboxylic acids is 4. The van der Waals surface area contributed by atoms with Crippen molar-refractivity contribution in [2.24, 2.45) is 0 Å². The molecule has 4 N–H and O–H groups in total. The number of hydrogen-bond acceptors (Lipinski definition) is 9. The number of aromatic hydroxyl groups is 1. The van der Waals surface area contributed by atoms with E-state index < -0.39 is 75.9 Å². The minimum atomic E-state index is -1.19. The second-order valence-corrected chi connectivity index (χ2v) is 15.5. The zero-order chi connectivity index (χ0) is 38.9. The zero-order valence-corrected chi connectivity index (χ0v) is 30.7. The number of rotatable bonds is 4. The van der Waals surface area contributed by atoms with Crippen molar-refractivity contribution >= 4 is 58.7 Å². The van der Waals surface area contributed by atoms with Crippen molar-refractivity contribution in [1.29, 1.82) is 0 Å². The lowest BCUT2D eigenvalue weighted by Crippen LogP contribution is -2.46. The molecule has 1 unspecified atom stereocenters. The number of anilines is 2. The molecule has 17 heteroatoms. The smallest absolute Gasteiger partial charge is 0.408 e. The maximum Gasteiger partial charge on any atom is 0.408 e. The minimum Gasteiger partial charge on any atom is -0.503 e. The number of nitrogens with zero attached hydrogens (tertiary/aromatic N) is 2. The van der Waals surface area contributed by atoms with Gasteiger partial charge < -0.3 is 35.3 Å². The molecule has 7 rings (SSSR count). The first-order chi connectivity index (χ1) is 25.6. The molecule has 54 heavy (non-hydrogen) atoms. The summed E-state index contributed by atoms with van der Waals surface area (Å²) in [5, 5.41) is 18.2. The van der Waals surface area contributed by atoms with Crippen molar-refractivity contribution in [3.05, 3.63) is 111 Å². The zero-order valence-electron chi connectivity index (χ0n) is 29.1. The van der Waals surface area contributed by atoms with Gasteiger partial charge in [-0.25, -0.2) is 18.0 Å². The number of aromatic nitrogens is 1. The van der Waals surface area contributed by atoms with Crippen LogP contribution in [0.15, 0.2) is 81.4 Å². The maximum absolute atomic E-state index is 13.9. The standard InChI is InChI=1S/C23H16F3N3O4S.C14H18N2O3S/c24-11-5-15(25)13(16(26)6-11)7-27-22(32)14-9-28-12-8-29(23(33)19(28)21(31)20(14)30)17-3-1-2-4-18(17)34-10-12;1-14(2,3)19-13(18)16-10-8-20-11-7-5-4-6-9(11)15-12(10)17/h1-6,9,12,31H,7-8,10H2,(H,27,32);4-7,10H,8H2,1-3H3,(H,15,17)(H,16,18)/t;10-/m.0/s1. The van der Waals surface area contributed by atoms with E-state index in [4.69, 9.17) is 4.74 Å². The van der Waals surface area contributed by atoms with E-state index >= 15 is 0 Å². The number of halogens is 3. The Labute approximate surface area is 315 Å². The molecule has 4 heterocycles. The molecule has 12 nitrogen and oxygen atoms in total. The fourth-order valence-corrected chi connectivity index (χ4v) is 8.01. The predicted octanol–water partition coefficient (Wildman–Crippen LogP) is 5.83. The average Bonchev–Trinajstić information content (AvgIpc) is 3.37. The lowest BCUT2D eigenvalue weighted by molar-refractivity contribution is -0.117. The Bertz CT molecular complexity index is 2210. The van der Waals surface area contributed by atoms with E-state index in [2.05, 4.69) is 16.0 Å². The molecule has 282 valence electrons. The van der Waals surface area contributed by atoms with Crippen molar-refractivity contribution in [3.8, 4) is 5.75 Å². The molecule has 1 aromatic heterocycles. The van der Waals surface area contributed by atoms with Crippen molar-refractivity contribution in [1.82, 2.24) is 15.2 Å². The predicted molar refractivity (Wildman–Crippen MR) is 197 cm³/mol. The summed E-state index contributed by atoms with van der Waals surface area (Å²) in [6.07, 6.45) is 0.602. The van der Waals surface area contributed by atoms with E-state index in [1.807, 2.05) is 36.4 Å². The molecule has 3 aliphatic heterocycles. The molecule has 0 radical (unpaired) electrons. The van der Waals surface area contributed by atoms with Gasteiger partial charge in [-0.3, -0.25) is 19.2 Å². The monoisotopic (exact) mass is 781 g/mol. The van der Waals surface area contributed by atoms with Gasteiger partial charge in [0.2, 0.25) is 11.3 Å². The highest BCUT2D eigenvalue weighted by atomic mass is 32.2. The van der Waals surface area contributed by atoms with Crippen LogP contribution in [0.1, 0.15) is 53.2 Å². The first-order valence-corrected chi connectivity index (χ1v) is 18.5. The third-order valence-corrected chi connectivity index (χ3v) is 10.7.